The molecule has 1 saturated carbocycles. The number of benzene rings is 1. The van der Waals surface area contributed by atoms with Crippen molar-refractivity contribution in [3.63, 3.8) is 0 Å². The number of alkyl halides is 6. The molecule has 1 N–H and O–H groups in total. The van der Waals surface area contributed by atoms with Crippen molar-refractivity contribution >= 4 is 12.0 Å². The minimum atomic E-state index is -4.89. The maximum atomic E-state index is 13.2. The van der Waals surface area contributed by atoms with E-state index in [4.69, 9.17) is 9.47 Å². The monoisotopic (exact) mass is 605 g/mol. The summed E-state index contributed by atoms with van der Waals surface area (Å²) in [4.78, 5) is 28.8. The number of hydrogen-bond acceptors (Lipinski definition) is 5. The number of likely N-dealkylation sites (tertiary alicyclic amines) is 1. The van der Waals surface area contributed by atoms with Crippen molar-refractivity contribution in [2.75, 3.05) is 39.3 Å². The van der Waals surface area contributed by atoms with Gasteiger partial charge in [-0.2, -0.15) is 26.3 Å². The van der Waals surface area contributed by atoms with E-state index in [1.165, 1.54) is 0 Å². The highest BCUT2D eigenvalue weighted by atomic mass is 19.4. The predicted molar refractivity (Wildman–Crippen MR) is 139 cm³/mol. The molecule has 13 heteroatoms. The lowest BCUT2D eigenvalue weighted by Crippen LogP contribution is -2.47. The minimum Gasteiger partial charge on any atom is -0.441 e. The molecule has 1 spiro atoms. The first-order chi connectivity index (χ1) is 19.8. The lowest BCUT2D eigenvalue weighted by molar-refractivity contribution is -0.143. The normalized spacial score (nSPS) is 27.0. The van der Waals surface area contributed by atoms with Gasteiger partial charge < -0.3 is 19.7 Å². The van der Waals surface area contributed by atoms with E-state index in [2.05, 4.69) is 5.32 Å². The quantitative estimate of drug-likeness (QED) is 0.409. The van der Waals surface area contributed by atoms with E-state index in [9.17, 15) is 35.9 Å². The molecule has 0 radical (unpaired) electrons. The summed E-state index contributed by atoms with van der Waals surface area (Å²) >= 11 is 0. The van der Waals surface area contributed by atoms with Gasteiger partial charge in [0.25, 0.3) is 0 Å². The molecule has 1 aromatic rings. The van der Waals surface area contributed by atoms with Gasteiger partial charge in [-0.15, -0.1) is 0 Å². The molecule has 2 amide bonds. The van der Waals surface area contributed by atoms with Crippen LogP contribution in [-0.2, 0) is 33.2 Å². The van der Waals surface area contributed by atoms with E-state index in [1.54, 1.807) is 9.80 Å². The number of rotatable bonds is 7. The van der Waals surface area contributed by atoms with Crippen LogP contribution in [0.5, 0.6) is 0 Å². The standard InChI is InChI=1S/C29H37F6N3O4/c30-28(31,32)22-12-20(13-23(14-22)29(33,34)35)16-37-9-7-27(8-10-37)18-38(26(40)42-27)17-19-3-5-21(6-4-19)25(39)36-15-24-2-1-11-41-24/h12-14,19,21,24H,1-11,15-18H2,(H,36,39)/t19-,21-,24?. The Morgan fingerprint density at radius 1 is 0.952 bits per heavy atom. The van der Waals surface area contributed by atoms with Gasteiger partial charge in [0.15, 0.2) is 0 Å². The number of hydrogen-bond donors (Lipinski definition) is 1. The molecule has 4 fully saturated rings. The molecule has 5 rings (SSSR count). The van der Waals surface area contributed by atoms with Crippen molar-refractivity contribution in [2.45, 2.75) is 82.0 Å². The first kappa shape index (κ1) is 30.9. The Hall–Kier alpha value is -2.54. The molecule has 1 aliphatic carbocycles. The van der Waals surface area contributed by atoms with Crippen LogP contribution in [0.15, 0.2) is 18.2 Å². The molecule has 1 unspecified atom stereocenters. The summed E-state index contributed by atoms with van der Waals surface area (Å²) < 4.78 is 90.8. The van der Waals surface area contributed by atoms with Gasteiger partial charge in [-0.1, -0.05) is 0 Å². The fourth-order valence-electron chi connectivity index (χ4n) is 6.66. The van der Waals surface area contributed by atoms with Gasteiger partial charge in [0.1, 0.15) is 5.60 Å². The van der Waals surface area contributed by atoms with Crippen LogP contribution in [0.2, 0.25) is 0 Å². The Labute approximate surface area is 240 Å². The summed E-state index contributed by atoms with van der Waals surface area (Å²) in [6, 6.07) is 1.66. The molecular weight excluding hydrogens is 568 g/mol. The van der Waals surface area contributed by atoms with Gasteiger partial charge in [0, 0.05) is 58.1 Å². The van der Waals surface area contributed by atoms with Gasteiger partial charge in [0.05, 0.1) is 23.8 Å². The van der Waals surface area contributed by atoms with Crippen molar-refractivity contribution in [2.24, 2.45) is 11.8 Å². The highest BCUT2D eigenvalue weighted by Crippen LogP contribution is 2.39. The van der Waals surface area contributed by atoms with Crippen LogP contribution >= 0.6 is 0 Å². The maximum Gasteiger partial charge on any atom is 0.416 e. The fraction of sp³-hybridized carbons (Fsp3) is 0.724. The summed E-state index contributed by atoms with van der Waals surface area (Å²) in [5.74, 6) is 0.293. The molecule has 1 atom stereocenters. The maximum absolute atomic E-state index is 13.2. The number of nitrogens with zero attached hydrogens (tertiary/aromatic N) is 2. The Morgan fingerprint density at radius 2 is 1.60 bits per heavy atom. The molecule has 42 heavy (non-hydrogen) atoms. The number of halogens is 6. The lowest BCUT2D eigenvalue weighted by Gasteiger charge is -2.37. The third-order valence-electron chi connectivity index (χ3n) is 9.09. The summed E-state index contributed by atoms with van der Waals surface area (Å²) in [5, 5.41) is 3.01. The van der Waals surface area contributed by atoms with Gasteiger partial charge in [0.2, 0.25) is 5.91 Å². The van der Waals surface area contributed by atoms with Gasteiger partial charge in [-0.05, 0) is 68.2 Å². The van der Waals surface area contributed by atoms with Gasteiger partial charge in [-0.25, -0.2) is 4.79 Å². The highest BCUT2D eigenvalue weighted by Gasteiger charge is 2.47. The Bertz CT molecular complexity index is 1090. The van der Waals surface area contributed by atoms with Crippen LogP contribution in [0, 0.1) is 11.8 Å². The van der Waals surface area contributed by atoms with Crippen molar-refractivity contribution in [1.82, 2.24) is 15.1 Å². The topological polar surface area (TPSA) is 71.1 Å². The zero-order valence-corrected chi connectivity index (χ0v) is 23.4. The van der Waals surface area contributed by atoms with Gasteiger partial charge in [-0.3, -0.25) is 9.69 Å². The fourth-order valence-corrected chi connectivity index (χ4v) is 6.66. The first-order valence-electron chi connectivity index (χ1n) is 14.7. The van der Waals surface area contributed by atoms with Crippen LogP contribution in [-0.4, -0.2) is 72.8 Å². The third-order valence-corrected chi connectivity index (χ3v) is 9.09. The SMILES string of the molecule is O=C1OC2(CCN(Cc3cc(C(F)(F)F)cc(C(F)(F)F)c3)CC2)CN1C[C@H]1CC[C@H](C(=O)NCC2CCCO2)CC1. The highest BCUT2D eigenvalue weighted by molar-refractivity contribution is 5.78. The van der Waals surface area contributed by atoms with E-state index in [-0.39, 0.29) is 42.0 Å². The molecule has 7 nitrogen and oxygen atoms in total. The number of ether oxygens (including phenoxy) is 2. The molecule has 3 heterocycles. The molecule has 234 valence electrons. The summed E-state index contributed by atoms with van der Waals surface area (Å²) in [6.07, 6.45) is -4.00. The van der Waals surface area contributed by atoms with Crippen LogP contribution in [0.1, 0.15) is 68.1 Å². The van der Waals surface area contributed by atoms with Crippen molar-refractivity contribution in [3.8, 4) is 0 Å². The second kappa shape index (κ2) is 12.2. The van der Waals surface area contributed by atoms with Crippen LogP contribution in [0.4, 0.5) is 31.1 Å². The second-order valence-corrected chi connectivity index (χ2v) is 12.2. The number of piperidine rings is 1. The Kier molecular flexibility index (Phi) is 8.99. The summed E-state index contributed by atoms with van der Waals surface area (Å²) in [6.45, 7) is 2.94. The molecular formula is C29H37F6N3O4. The predicted octanol–water partition coefficient (Wildman–Crippen LogP) is 5.61. The largest absolute Gasteiger partial charge is 0.441 e. The van der Waals surface area contributed by atoms with Crippen LogP contribution in [0.3, 0.4) is 0 Å². The molecule has 4 aliphatic rings. The second-order valence-electron chi connectivity index (χ2n) is 12.2. The van der Waals surface area contributed by atoms with Crippen LogP contribution < -0.4 is 5.32 Å². The first-order valence-corrected chi connectivity index (χ1v) is 14.7. The van der Waals surface area contributed by atoms with E-state index >= 15 is 0 Å². The number of carbonyl (C=O) groups excluding carboxylic acids is 2. The van der Waals surface area contributed by atoms with Gasteiger partial charge >= 0.3 is 18.4 Å². The molecule has 3 aliphatic heterocycles. The molecule has 0 aromatic heterocycles. The Morgan fingerprint density at radius 3 is 2.17 bits per heavy atom. The van der Waals surface area contributed by atoms with E-state index in [0.717, 1.165) is 57.3 Å². The van der Waals surface area contributed by atoms with Crippen LogP contribution in [0.25, 0.3) is 0 Å². The molecule has 1 aromatic carbocycles. The summed E-state index contributed by atoms with van der Waals surface area (Å²) in [5.41, 5.74) is -3.42. The van der Waals surface area contributed by atoms with Crippen molar-refractivity contribution < 1.29 is 45.4 Å². The zero-order chi connectivity index (χ0) is 30.1. The number of nitrogens with one attached hydrogen (secondary N) is 1. The number of carbonyl (C=O) groups is 2. The van der Waals surface area contributed by atoms with E-state index < -0.39 is 35.2 Å². The molecule has 3 saturated heterocycles. The third kappa shape index (κ3) is 7.50. The van der Waals surface area contributed by atoms with E-state index in [0.29, 0.717) is 45.6 Å². The average molecular weight is 606 g/mol. The molecule has 0 bridgehead atoms. The summed E-state index contributed by atoms with van der Waals surface area (Å²) in [7, 11) is 0. The smallest absolute Gasteiger partial charge is 0.416 e. The minimum absolute atomic E-state index is 0.0344. The van der Waals surface area contributed by atoms with Crippen molar-refractivity contribution in [3.05, 3.63) is 34.9 Å². The average Bonchev–Trinajstić information content (AvgIpc) is 3.56. The zero-order valence-electron chi connectivity index (χ0n) is 23.4. The van der Waals surface area contributed by atoms with E-state index in [1.807, 2.05) is 0 Å². The lowest BCUT2D eigenvalue weighted by atomic mass is 9.81. The Balaban J connectivity index is 1.09. The number of amides is 2. The van der Waals surface area contributed by atoms with Crippen molar-refractivity contribution in [1.29, 1.82) is 0 Å².